The molecule has 2 N–H and O–H groups in total. The Hall–Kier alpha value is -4.59. The van der Waals surface area contributed by atoms with Crippen molar-refractivity contribution in [3.8, 4) is 11.5 Å². The van der Waals surface area contributed by atoms with Crippen LogP contribution in [0.2, 0.25) is 0 Å². The molecule has 3 aromatic carbocycles. The highest BCUT2D eigenvalue weighted by Crippen LogP contribution is 2.45. The Morgan fingerprint density at radius 1 is 1.00 bits per heavy atom. The Morgan fingerprint density at radius 3 is 2.54 bits per heavy atom. The summed E-state index contributed by atoms with van der Waals surface area (Å²) in [5.41, 5.74) is 1.60. The van der Waals surface area contributed by atoms with Crippen LogP contribution in [-0.2, 0) is 9.59 Å². The summed E-state index contributed by atoms with van der Waals surface area (Å²) in [6, 6.07) is 16.6. The van der Waals surface area contributed by atoms with E-state index in [9.17, 15) is 19.1 Å². The van der Waals surface area contributed by atoms with Gasteiger partial charge in [0, 0.05) is 28.4 Å². The second-order valence-electron chi connectivity index (χ2n) is 8.00. The van der Waals surface area contributed by atoms with E-state index in [1.165, 1.54) is 43.4 Å². The fourth-order valence-electron chi connectivity index (χ4n) is 4.48. The zero-order valence-corrected chi connectivity index (χ0v) is 18.9. The summed E-state index contributed by atoms with van der Waals surface area (Å²) in [6.07, 6.45) is 1.68. The number of rotatable bonds is 5. The molecule has 1 aliphatic heterocycles. The lowest BCUT2D eigenvalue weighted by molar-refractivity contribution is -0.132. The summed E-state index contributed by atoms with van der Waals surface area (Å²) in [7, 11) is 2.90. The maximum atomic E-state index is 14.1. The number of H-pyrrole nitrogens is 1. The maximum absolute atomic E-state index is 14.1. The minimum Gasteiger partial charge on any atom is -0.507 e. The van der Waals surface area contributed by atoms with Crippen molar-refractivity contribution in [3.05, 3.63) is 95.4 Å². The summed E-state index contributed by atoms with van der Waals surface area (Å²) >= 11 is 0. The van der Waals surface area contributed by atoms with Gasteiger partial charge in [0.2, 0.25) is 0 Å². The number of aromatic amines is 1. The number of benzene rings is 3. The smallest absolute Gasteiger partial charge is 0.300 e. The molecular formula is C27H21FN2O5. The van der Waals surface area contributed by atoms with Gasteiger partial charge < -0.3 is 19.6 Å². The van der Waals surface area contributed by atoms with E-state index in [-0.39, 0.29) is 22.6 Å². The number of hydrogen-bond donors (Lipinski definition) is 2. The third-order valence-corrected chi connectivity index (χ3v) is 6.11. The number of nitrogens with zero attached hydrogens (tertiary/aromatic N) is 1. The highest BCUT2D eigenvalue weighted by molar-refractivity contribution is 6.52. The van der Waals surface area contributed by atoms with Crippen LogP contribution in [0.5, 0.6) is 11.5 Å². The number of amides is 1. The number of aliphatic hydroxyl groups is 1. The molecule has 1 aliphatic rings. The number of nitrogens with one attached hydrogen (secondary N) is 1. The molecule has 5 rings (SSSR count). The lowest BCUT2D eigenvalue weighted by atomic mass is 9.94. The number of Topliss-reactive ketones (excluding diaryl/α,β-unsaturated/α-hetero) is 1. The van der Waals surface area contributed by atoms with Crippen LogP contribution in [-0.4, -0.2) is 36.0 Å². The molecule has 1 atom stereocenters. The third kappa shape index (κ3) is 3.59. The number of para-hydroxylation sites is 1. The molecule has 1 fully saturated rings. The van der Waals surface area contributed by atoms with E-state index in [1.807, 2.05) is 24.3 Å². The molecule has 8 heteroatoms. The van der Waals surface area contributed by atoms with Gasteiger partial charge in [0.25, 0.3) is 11.7 Å². The van der Waals surface area contributed by atoms with Crippen LogP contribution in [0.3, 0.4) is 0 Å². The fraction of sp³-hybridized carbons (Fsp3) is 0.111. The normalized spacial score (nSPS) is 17.2. The highest BCUT2D eigenvalue weighted by atomic mass is 19.1. The predicted molar refractivity (Wildman–Crippen MR) is 129 cm³/mol. The summed E-state index contributed by atoms with van der Waals surface area (Å²) in [5, 5.41) is 12.2. The fourth-order valence-corrected chi connectivity index (χ4v) is 4.48. The van der Waals surface area contributed by atoms with Gasteiger partial charge in [0.05, 0.1) is 31.4 Å². The molecule has 1 saturated heterocycles. The molecule has 0 saturated carbocycles. The molecule has 7 nitrogen and oxygen atoms in total. The standard InChI is InChI=1S/C27H21FN2O5/c1-34-17-10-11-22(35-2)19(13-17)25(31)23-24(20-14-29-21-9-4-3-8-18(20)21)30(27(33)26(23)32)16-7-5-6-15(28)12-16/h3-14,24,29,31H,1-2H3/b25-23+. The van der Waals surface area contributed by atoms with Gasteiger partial charge >= 0.3 is 0 Å². The SMILES string of the molecule is COc1ccc(OC)c(/C(O)=C2\C(=O)C(=O)N(c3cccc(F)c3)C2c2c[nH]c3ccccc23)c1. The zero-order chi connectivity index (χ0) is 24.7. The number of aliphatic hydroxyl groups excluding tert-OH is 1. The van der Waals surface area contributed by atoms with E-state index in [4.69, 9.17) is 9.47 Å². The Labute approximate surface area is 200 Å². The van der Waals surface area contributed by atoms with E-state index in [1.54, 1.807) is 24.4 Å². The second-order valence-corrected chi connectivity index (χ2v) is 8.00. The van der Waals surface area contributed by atoms with Crippen LogP contribution < -0.4 is 14.4 Å². The van der Waals surface area contributed by atoms with E-state index < -0.39 is 29.3 Å². The van der Waals surface area contributed by atoms with Gasteiger partial charge in [-0.2, -0.15) is 0 Å². The number of aromatic nitrogens is 1. The quantitative estimate of drug-likeness (QED) is 0.244. The van der Waals surface area contributed by atoms with Crippen LogP contribution in [0, 0.1) is 5.82 Å². The number of hydrogen-bond acceptors (Lipinski definition) is 5. The topological polar surface area (TPSA) is 91.9 Å². The molecule has 0 aliphatic carbocycles. The number of ether oxygens (including phenoxy) is 2. The molecule has 1 amide bonds. The summed E-state index contributed by atoms with van der Waals surface area (Å²) in [5.74, 6) is -2.04. The zero-order valence-electron chi connectivity index (χ0n) is 18.9. The van der Waals surface area contributed by atoms with Gasteiger partial charge in [-0.1, -0.05) is 24.3 Å². The molecule has 176 valence electrons. The largest absolute Gasteiger partial charge is 0.507 e. The van der Waals surface area contributed by atoms with Crippen molar-refractivity contribution in [1.82, 2.24) is 4.98 Å². The van der Waals surface area contributed by atoms with Gasteiger partial charge in [0.1, 0.15) is 23.1 Å². The Balaban J connectivity index is 1.81. The average Bonchev–Trinajstić information content (AvgIpc) is 3.41. The average molecular weight is 472 g/mol. The van der Waals surface area contributed by atoms with E-state index in [2.05, 4.69) is 4.98 Å². The molecule has 0 radical (unpaired) electrons. The van der Waals surface area contributed by atoms with Crippen LogP contribution in [0.25, 0.3) is 16.7 Å². The minimum atomic E-state index is -1.02. The molecule has 0 bridgehead atoms. The van der Waals surface area contributed by atoms with Crippen molar-refractivity contribution < 1.29 is 28.6 Å². The lowest BCUT2D eigenvalue weighted by Gasteiger charge is -2.25. The number of methoxy groups -OCH3 is 2. The number of fused-ring (bicyclic) bond motifs is 1. The molecular weight excluding hydrogens is 451 g/mol. The number of carbonyl (C=O) groups excluding carboxylic acids is 2. The first kappa shape index (κ1) is 22.2. The number of anilines is 1. The van der Waals surface area contributed by atoms with Crippen molar-refractivity contribution in [1.29, 1.82) is 0 Å². The first-order chi connectivity index (χ1) is 16.9. The molecule has 1 unspecified atom stereocenters. The van der Waals surface area contributed by atoms with Crippen molar-refractivity contribution in [2.24, 2.45) is 0 Å². The van der Waals surface area contributed by atoms with Crippen molar-refractivity contribution in [2.75, 3.05) is 19.1 Å². The maximum Gasteiger partial charge on any atom is 0.300 e. The molecule has 4 aromatic rings. The molecule has 35 heavy (non-hydrogen) atoms. The van der Waals surface area contributed by atoms with Gasteiger partial charge in [-0.25, -0.2) is 4.39 Å². The summed E-state index contributed by atoms with van der Waals surface area (Å²) in [4.78, 5) is 31.1. The first-order valence-electron chi connectivity index (χ1n) is 10.8. The van der Waals surface area contributed by atoms with Crippen molar-refractivity contribution in [2.45, 2.75) is 6.04 Å². The highest BCUT2D eigenvalue weighted by Gasteiger charge is 2.48. The summed E-state index contributed by atoms with van der Waals surface area (Å²) < 4.78 is 24.8. The van der Waals surface area contributed by atoms with E-state index in [0.717, 1.165) is 10.9 Å². The molecule has 2 heterocycles. The van der Waals surface area contributed by atoms with Gasteiger partial charge in [-0.3, -0.25) is 14.5 Å². The van der Waals surface area contributed by atoms with Gasteiger partial charge in [-0.15, -0.1) is 0 Å². The van der Waals surface area contributed by atoms with Crippen LogP contribution >= 0.6 is 0 Å². The van der Waals surface area contributed by atoms with Crippen LogP contribution in [0.15, 0.2) is 78.5 Å². The Kier molecular flexibility index (Phi) is 5.49. The van der Waals surface area contributed by atoms with E-state index in [0.29, 0.717) is 11.3 Å². The third-order valence-electron chi connectivity index (χ3n) is 6.11. The van der Waals surface area contributed by atoms with E-state index >= 15 is 0 Å². The number of ketones is 1. The second kappa shape index (κ2) is 8.64. The van der Waals surface area contributed by atoms with Crippen molar-refractivity contribution >= 4 is 34.0 Å². The van der Waals surface area contributed by atoms with Crippen molar-refractivity contribution in [3.63, 3.8) is 0 Å². The van der Waals surface area contributed by atoms with Gasteiger partial charge in [-0.05, 0) is 42.5 Å². The summed E-state index contributed by atoms with van der Waals surface area (Å²) in [6.45, 7) is 0. The molecule has 0 spiro atoms. The minimum absolute atomic E-state index is 0.143. The Bertz CT molecular complexity index is 1510. The van der Waals surface area contributed by atoms with Crippen LogP contribution in [0.4, 0.5) is 10.1 Å². The monoisotopic (exact) mass is 472 g/mol. The van der Waals surface area contributed by atoms with Gasteiger partial charge in [0.15, 0.2) is 0 Å². The Morgan fingerprint density at radius 2 is 1.80 bits per heavy atom. The molecule has 1 aromatic heterocycles. The predicted octanol–water partition coefficient (Wildman–Crippen LogP) is 4.95. The number of carbonyl (C=O) groups is 2. The van der Waals surface area contributed by atoms with Crippen LogP contribution in [0.1, 0.15) is 17.2 Å². The first-order valence-corrected chi connectivity index (χ1v) is 10.8. The number of halogens is 1. The lowest BCUT2D eigenvalue weighted by Crippen LogP contribution is -2.29.